The molecule has 1 aromatic carbocycles. The van der Waals surface area contributed by atoms with Crippen molar-refractivity contribution in [3.8, 4) is 11.3 Å². The van der Waals surface area contributed by atoms with E-state index >= 15 is 0 Å². The van der Waals surface area contributed by atoms with Gasteiger partial charge in [-0.3, -0.25) is 0 Å². The van der Waals surface area contributed by atoms with Crippen molar-refractivity contribution in [1.29, 1.82) is 0 Å². The summed E-state index contributed by atoms with van der Waals surface area (Å²) in [6.07, 6.45) is -1.18. The van der Waals surface area contributed by atoms with E-state index < -0.39 is 17.6 Å². The van der Waals surface area contributed by atoms with E-state index in [0.717, 1.165) is 25.0 Å². The molecule has 0 atom stereocenters. The smallest absolute Gasteiger partial charge is 0.383 e. The fourth-order valence-electron chi connectivity index (χ4n) is 2.13. The highest BCUT2D eigenvalue weighted by Crippen LogP contribution is 2.40. The Morgan fingerprint density at radius 3 is 2.50 bits per heavy atom. The van der Waals surface area contributed by atoms with Crippen molar-refractivity contribution in [1.82, 2.24) is 9.55 Å². The molecule has 7 heteroatoms. The quantitative estimate of drug-likeness (QED) is 0.856. The van der Waals surface area contributed by atoms with E-state index in [1.807, 2.05) is 0 Å². The third-order valence-corrected chi connectivity index (χ3v) is 3.27. The van der Waals surface area contributed by atoms with Gasteiger partial charge in [0, 0.05) is 11.6 Å². The minimum absolute atomic E-state index is 0.0363. The zero-order valence-electron chi connectivity index (χ0n) is 10.3. The van der Waals surface area contributed by atoms with Crippen LogP contribution in [0.25, 0.3) is 11.3 Å². The van der Waals surface area contributed by atoms with Gasteiger partial charge in [-0.1, -0.05) is 0 Å². The summed E-state index contributed by atoms with van der Waals surface area (Å²) in [6.45, 7) is 0. The Labute approximate surface area is 112 Å². The van der Waals surface area contributed by atoms with Gasteiger partial charge >= 0.3 is 6.18 Å². The monoisotopic (exact) mass is 285 g/mol. The van der Waals surface area contributed by atoms with Gasteiger partial charge in [-0.05, 0) is 31.0 Å². The van der Waals surface area contributed by atoms with E-state index in [4.69, 9.17) is 5.73 Å². The summed E-state index contributed by atoms with van der Waals surface area (Å²) in [7, 11) is 0. The maximum Gasteiger partial charge on any atom is 0.416 e. The molecule has 0 radical (unpaired) electrons. The van der Waals surface area contributed by atoms with Gasteiger partial charge in [0.1, 0.15) is 17.3 Å². The molecule has 0 spiro atoms. The molecule has 0 amide bonds. The molecule has 1 aromatic heterocycles. The average molecular weight is 285 g/mol. The summed E-state index contributed by atoms with van der Waals surface area (Å²) >= 11 is 0. The lowest BCUT2D eigenvalue weighted by Crippen LogP contribution is -2.06. The molecule has 3 rings (SSSR count). The predicted molar refractivity (Wildman–Crippen MR) is 65.3 cm³/mol. The average Bonchev–Trinajstić information content (AvgIpc) is 3.11. The Morgan fingerprint density at radius 2 is 1.90 bits per heavy atom. The lowest BCUT2D eigenvalue weighted by Gasteiger charge is -2.09. The second-order valence-corrected chi connectivity index (χ2v) is 4.84. The molecule has 2 N–H and O–H groups in total. The van der Waals surface area contributed by atoms with Gasteiger partial charge in [-0.25, -0.2) is 9.37 Å². The van der Waals surface area contributed by atoms with Gasteiger partial charge in [0.15, 0.2) is 0 Å². The number of imidazole rings is 1. The molecule has 1 saturated carbocycles. The van der Waals surface area contributed by atoms with Gasteiger partial charge in [0.25, 0.3) is 0 Å². The Morgan fingerprint density at radius 1 is 1.20 bits per heavy atom. The Bertz CT molecular complexity index is 656. The van der Waals surface area contributed by atoms with Gasteiger partial charge in [-0.15, -0.1) is 0 Å². The van der Waals surface area contributed by atoms with Crippen LogP contribution >= 0.6 is 0 Å². The second-order valence-electron chi connectivity index (χ2n) is 4.84. The van der Waals surface area contributed by atoms with E-state index in [2.05, 4.69) is 4.98 Å². The number of nitrogens with zero attached hydrogens (tertiary/aromatic N) is 2. The Balaban J connectivity index is 2.08. The second kappa shape index (κ2) is 4.22. The first-order valence-electron chi connectivity index (χ1n) is 6.06. The normalized spacial score (nSPS) is 15.6. The van der Waals surface area contributed by atoms with Crippen LogP contribution in [0.1, 0.15) is 24.4 Å². The van der Waals surface area contributed by atoms with Crippen LogP contribution in [0.3, 0.4) is 0 Å². The lowest BCUT2D eigenvalue weighted by molar-refractivity contribution is -0.137. The first-order valence-corrected chi connectivity index (χ1v) is 6.06. The van der Waals surface area contributed by atoms with E-state index in [9.17, 15) is 17.6 Å². The van der Waals surface area contributed by atoms with Crippen molar-refractivity contribution >= 4 is 5.82 Å². The number of alkyl halides is 3. The standard InChI is InChI=1S/C13H11F4N3/c14-9-4-7(3-8(5-9)13(15,16)17)11-12(18)20(6-19-11)10-1-2-10/h3-6,10H,1-2,18H2. The van der Waals surface area contributed by atoms with Crippen molar-refractivity contribution in [3.63, 3.8) is 0 Å². The van der Waals surface area contributed by atoms with Crippen LogP contribution in [0.2, 0.25) is 0 Å². The summed E-state index contributed by atoms with van der Waals surface area (Å²) in [6, 6.07) is 2.58. The number of halogens is 4. The van der Waals surface area contributed by atoms with Gasteiger partial charge in [-0.2, -0.15) is 13.2 Å². The molecule has 1 fully saturated rings. The number of hydrogen-bond acceptors (Lipinski definition) is 2. The number of aromatic nitrogens is 2. The summed E-state index contributed by atoms with van der Waals surface area (Å²) in [5.74, 6) is -0.693. The third kappa shape index (κ3) is 2.23. The lowest BCUT2D eigenvalue weighted by atomic mass is 10.1. The van der Waals surface area contributed by atoms with Crippen molar-refractivity contribution in [2.45, 2.75) is 25.1 Å². The van der Waals surface area contributed by atoms with Gasteiger partial charge in [0.2, 0.25) is 0 Å². The summed E-state index contributed by atoms with van der Waals surface area (Å²) in [5.41, 5.74) is 5.05. The summed E-state index contributed by atoms with van der Waals surface area (Å²) in [4.78, 5) is 4.02. The van der Waals surface area contributed by atoms with Crippen molar-refractivity contribution < 1.29 is 17.6 Å². The van der Waals surface area contributed by atoms with Gasteiger partial charge in [0.05, 0.1) is 11.9 Å². The number of rotatable bonds is 2. The highest BCUT2D eigenvalue weighted by molar-refractivity contribution is 5.71. The van der Waals surface area contributed by atoms with Crippen LogP contribution in [0.15, 0.2) is 24.5 Å². The highest BCUT2D eigenvalue weighted by atomic mass is 19.4. The largest absolute Gasteiger partial charge is 0.416 e. The third-order valence-electron chi connectivity index (χ3n) is 3.27. The Hall–Kier alpha value is -2.05. The van der Waals surface area contributed by atoms with E-state index in [1.54, 1.807) is 4.57 Å². The number of benzene rings is 1. The van der Waals surface area contributed by atoms with Crippen LogP contribution in [-0.4, -0.2) is 9.55 Å². The predicted octanol–water partition coefficient (Wildman–Crippen LogP) is 3.63. The maximum atomic E-state index is 13.4. The minimum Gasteiger partial charge on any atom is -0.383 e. The summed E-state index contributed by atoms with van der Waals surface area (Å²) < 4.78 is 53.1. The Kier molecular flexibility index (Phi) is 2.74. The number of anilines is 1. The van der Waals surface area contributed by atoms with Crippen LogP contribution in [0, 0.1) is 5.82 Å². The molecular weight excluding hydrogens is 274 g/mol. The molecule has 1 heterocycles. The molecule has 2 aromatic rings. The topological polar surface area (TPSA) is 43.8 Å². The number of hydrogen-bond donors (Lipinski definition) is 1. The molecule has 0 unspecified atom stereocenters. The number of nitrogen functional groups attached to an aromatic ring is 1. The molecule has 1 aliphatic rings. The van der Waals surface area contributed by atoms with Crippen LogP contribution < -0.4 is 5.73 Å². The highest BCUT2D eigenvalue weighted by Gasteiger charge is 2.32. The number of nitrogens with two attached hydrogens (primary N) is 1. The van der Waals surface area contributed by atoms with Crippen molar-refractivity contribution in [2.75, 3.05) is 5.73 Å². The molecule has 20 heavy (non-hydrogen) atoms. The molecule has 0 saturated heterocycles. The van der Waals surface area contributed by atoms with Crippen LogP contribution in [-0.2, 0) is 6.18 Å². The van der Waals surface area contributed by atoms with E-state index in [-0.39, 0.29) is 23.1 Å². The zero-order chi connectivity index (χ0) is 14.5. The SMILES string of the molecule is Nc1c(-c2cc(F)cc(C(F)(F)F)c2)ncn1C1CC1. The fourth-order valence-corrected chi connectivity index (χ4v) is 2.13. The molecule has 3 nitrogen and oxygen atoms in total. The van der Waals surface area contributed by atoms with Crippen molar-refractivity contribution in [2.24, 2.45) is 0 Å². The minimum atomic E-state index is -4.61. The summed E-state index contributed by atoms with van der Waals surface area (Å²) in [5, 5.41) is 0. The molecule has 0 bridgehead atoms. The molecule has 106 valence electrons. The molecule has 0 aliphatic heterocycles. The van der Waals surface area contributed by atoms with Crippen molar-refractivity contribution in [3.05, 3.63) is 35.9 Å². The zero-order valence-corrected chi connectivity index (χ0v) is 10.3. The van der Waals surface area contributed by atoms with Crippen LogP contribution in [0.5, 0.6) is 0 Å². The van der Waals surface area contributed by atoms with Gasteiger partial charge < -0.3 is 10.3 Å². The first-order chi connectivity index (χ1) is 9.36. The molecule has 1 aliphatic carbocycles. The maximum absolute atomic E-state index is 13.4. The fraction of sp³-hybridized carbons (Fsp3) is 0.308. The first kappa shape index (κ1) is 13.0. The van der Waals surface area contributed by atoms with E-state index in [0.29, 0.717) is 6.07 Å². The molecular formula is C13H11F4N3. The van der Waals surface area contributed by atoms with Crippen LogP contribution in [0.4, 0.5) is 23.4 Å². The van der Waals surface area contributed by atoms with E-state index in [1.165, 1.54) is 6.33 Å².